The van der Waals surface area contributed by atoms with Crippen LogP contribution in [0, 0.1) is 27.7 Å². The van der Waals surface area contributed by atoms with Crippen molar-refractivity contribution in [2.24, 2.45) is 0 Å². The first-order valence-corrected chi connectivity index (χ1v) is 6.66. The summed E-state index contributed by atoms with van der Waals surface area (Å²) in [5, 5.41) is 0. The third-order valence-corrected chi connectivity index (χ3v) is 3.63. The van der Waals surface area contributed by atoms with Gasteiger partial charge in [-0.1, -0.05) is 13.3 Å². The molecule has 2 rings (SSSR count). The Kier molecular flexibility index (Phi) is 3.65. The van der Waals surface area contributed by atoms with Gasteiger partial charge in [0.1, 0.15) is 23.0 Å². The van der Waals surface area contributed by atoms with Gasteiger partial charge in [0.2, 0.25) is 0 Å². The molecule has 0 saturated heterocycles. The summed E-state index contributed by atoms with van der Waals surface area (Å²) in [6.07, 6.45) is 2.17. The van der Waals surface area contributed by atoms with Gasteiger partial charge in [0.15, 0.2) is 0 Å². The van der Waals surface area contributed by atoms with Gasteiger partial charge >= 0.3 is 0 Å². The van der Waals surface area contributed by atoms with Crippen LogP contribution in [0.2, 0.25) is 0 Å². The third-order valence-electron chi connectivity index (χ3n) is 3.63. The first-order chi connectivity index (χ1) is 8.52. The van der Waals surface area contributed by atoms with Crippen molar-refractivity contribution in [3.8, 4) is 0 Å². The van der Waals surface area contributed by atoms with E-state index in [1.807, 2.05) is 13.8 Å². The number of aryl methyl sites for hydroxylation is 4. The van der Waals surface area contributed by atoms with E-state index in [9.17, 15) is 0 Å². The second-order valence-corrected chi connectivity index (χ2v) is 5.12. The Morgan fingerprint density at radius 2 is 1.33 bits per heavy atom. The van der Waals surface area contributed by atoms with Crippen LogP contribution in [0.3, 0.4) is 0 Å². The SMILES string of the molecule is CCCC(c1cc(C)c(C)o1)c1cc(C)c(C)o1. The van der Waals surface area contributed by atoms with Gasteiger partial charge in [-0.3, -0.25) is 0 Å². The molecule has 0 spiro atoms. The fraction of sp³-hybridized carbons (Fsp3) is 0.500. The zero-order valence-corrected chi connectivity index (χ0v) is 12.0. The van der Waals surface area contributed by atoms with Gasteiger partial charge in [0, 0.05) is 0 Å². The minimum Gasteiger partial charge on any atom is -0.465 e. The Hall–Kier alpha value is -1.44. The van der Waals surface area contributed by atoms with Crippen molar-refractivity contribution in [1.29, 1.82) is 0 Å². The molecule has 0 fully saturated rings. The molecule has 0 N–H and O–H groups in total. The molecule has 0 amide bonds. The molecular formula is C16H22O2. The summed E-state index contributed by atoms with van der Waals surface area (Å²) in [4.78, 5) is 0. The van der Waals surface area contributed by atoms with Crippen LogP contribution in [0.4, 0.5) is 0 Å². The lowest BCUT2D eigenvalue weighted by Gasteiger charge is -2.10. The van der Waals surface area contributed by atoms with E-state index in [2.05, 4.69) is 32.9 Å². The molecule has 2 aromatic heterocycles. The van der Waals surface area contributed by atoms with Crippen LogP contribution in [-0.4, -0.2) is 0 Å². The number of hydrogen-bond acceptors (Lipinski definition) is 2. The summed E-state index contributed by atoms with van der Waals surface area (Å²) >= 11 is 0. The maximum atomic E-state index is 5.87. The largest absolute Gasteiger partial charge is 0.465 e. The molecule has 2 aromatic rings. The second kappa shape index (κ2) is 5.05. The van der Waals surface area contributed by atoms with E-state index < -0.39 is 0 Å². The van der Waals surface area contributed by atoms with Crippen molar-refractivity contribution in [2.45, 2.75) is 53.4 Å². The van der Waals surface area contributed by atoms with E-state index in [1.165, 1.54) is 11.1 Å². The van der Waals surface area contributed by atoms with Crippen LogP contribution in [0.25, 0.3) is 0 Å². The van der Waals surface area contributed by atoms with E-state index in [-0.39, 0.29) is 5.92 Å². The van der Waals surface area contributed by atoms with E-state index in [1.54, 1.807) is 0 Å². The standard InChI is InChI=1S/C16H22O2/c1-6-7-14(15-8-10(2)12(4)17-15)16-9-11(3)13(5)18-16/h8-9,14H,6-7H2,1-5H3. The lowest BCUT2D eigenvalue weighted by atomic mass is 9.97. The average molecular weight is 246 g/mol. The summed E-state index contributed by atoms with van der Waals surface area (Å²) in [7, 11) is 0. The van der Waals surface area contributed by atoms with E-state index >= 15 is 0 Å². The Labute approximate surface area is 109 Å². The highest BCUT2D eigenvalue weighted by molar-refractivity contribution is 5.29. The van der Waals surface area contributed by atoms with Gasteiger partial charge in [0.05, 0.1) is 5.92 Å². The van der Waals surface area contributed by atoms with Gasteiger partial charge in [-0.2, -0.15) is 0 Å². The molecular weight excluding hydrogens is 224 g/mol. The maximum Gasteiger partial charge on any atom is 0.115 e. The van der Waals surface area contributed by atoms with Crippen LogP contribution in [0.15, 0.2) is 21.0 Å². The molecule has 0 atom stereocenters. The van der Waals surface area contributed by atoms with Crippen molar-refractivity contribution < 1.29 is 8.83 Å². The van der Waals surface area contributed by atoms with Crippen LogP contribution >= 0.6 is 0 Å². The molecule has 0 unspecified atom stereocenters. The summed E-state index contributed by atoms with van der Waals surface area (Å²) in [6.45, 7) is 10.4. The molecule has 0 aromatic carbocycles. The summed E-state index contributed by atoms with van der Waals surface area (Å²) < 4.78 is 11.7. The number of rotatable bonds is 4. The Morgan fingerprint density at radius 3 is 1.61 bits per heavy atom. The normalized spacial score (nSPS) is 11.4. The first kappa shape index (κ1) is 13.0. The fourth-order valence-corrected chi connectivity index (χ4v) is 2.26. The molecule has 98 valence electrons. The maximum absolute atomic E-state index is 5.87. The highest BCUT2D eigenvalue weighted by atomic mass is 16.4. The van der Waals surface area contributed by atoms with Crippen LogP contribution in [-0.2, 0) is 0 Å². The molecule has 0 saturated carbocycles. The molecule has 0 bridgehead atoms. The molecule has 2 nitrogen and oxygen atoms in total. The molecule has 0 aliphatic carbocycles. The van der Waals surface area contributed by atoms with E-state index in [0.29, 0.717) is 0 Å². The number of furan rings is 2. The summed E-state index contributed by atoms with van der Waals surface area (Å²) in [6, 6.07) is 4.28. The summed E-state index contributed by atoms with van der Waals surface area (Å²) in [5.41, 5.74) is 2.43. The third kappa shape index (κ3) is 2.38. The second-order valence-electron chi connectivity index (χ2n) is 5.12. The Balaban J connectivity index is 2.39. The molecule has 2 heterocycles. The van der Waals surface area contributed by atoms with Crippen molar-refractivity contribution in [2.75, 3.05) is 0 Å². The van der Waals surface area contributed by atoms with Crippen LogP contribution in [0.1, 0.15) is 59.9 Å². The van der Waals surface area contributed by atoms with Crippen molar-refractivity contribution in [3.05, 3.63) is 46.3 Å². The molecule has 0 aliphatic rings. The predicted octanol–water partition coefficient (Wildman–Crippen LogP) is 5.04. The Morgan fingerprint density at radius 1 is 0.889 bits per heavy atom. The van der Waals surface area contributed by atoms with E-state index in [0.717, 1.165) is 35.9 Å². The summed E-state index contributed by atoms with van der Waals surface area (Å²) in [5.74, 6) is 4.31. The monoisotopic (exact) mass is 246 g/mol. The van der Waals surface area contributed by atoms with Crippen molar-refractivity contribution in [3.63, 3.8) is 0 Å². The smallest absolute Gasteiger partial charge is 0.115 e. The van der Waals surface area contributed by atoms with Crippen molar-refractivity contribution >= 4 is 0 Å². The Bertz CT molecular complexity index is 446. The lowest BCUT2D eigenvalue weighted by Crippen LogP contribution is -1.97. The van der Waals surface area contributed by atoms with Crippen LogP contribution in [0.5, 0.6) is 0 Å². The first-order valence-electron chi connectivity index (χ1n) is 6.66. The minimum absolute atomic E-state index is 0.245. The quantitative estimate of drug-likeness (QED) is 0.755. The van der Waals surface area contributed by atoms with Crippen molar-refractivity contribution in [1.82, 2.24) is 0 Å². The van der Waals surface area contributed by atoms with E-state index in [4.69, 9.17) is 8.83 Å². The topological polar surface area (TPSA) is 26.3 Å². The van der Waals surface area contributed by atoms with Gasteiger partial charge in [-0.15, -0.1) is 0 Å². The van der Waals surface area contributed by atoms with Gasteiger partial charge in [0.25, 0.3) is 0 Å². The minimum atomic E-state index is 0.245. The molecule has 18 heavy (non-hydrogen) atoms. The molecule has 0 aliphatic heterocycles. The van der Waals surface area contributed by atoms with Gasteiger partial charge in [-0.05, 0) is 57.4 Å². The number of hydrogen-bond donors (Lipinski definition) is 0. The zero-order chi connectivity index (χ0) is 13.3. The average Bonchev–Trinajstić information content (AvgIpc) is 2.81. The highest BCUT2D eigenvalue weighted by Crippen LogP contribution is 2.33. The van der Waals surface area contributed by atoms with Gasteiger partial charge in [-0.25, -0.2) is 0 Å². The zero-order valence-electron chi connectivity index (χ0n) is 12.0. The molecule has 0 radical (unpaired) electrons. The lowest BCUT2D eigenvalue weighted by molar-refractivity contribution is 0.395. The predicted molar refractivity (Wildman–Crippen MR) is 73.1 cm³/mol. The molecule has 2 heteroatoms. The van der Waals surface area contributed by atoms with Gasteiger partial charge < -0.3 is 8.83 Å². The fourth-order valence-electron chi connectivity index (χ4n) is 2.26. The highest BCUT2D eigenvalue weighted by Gasteiger charge is 2.22. The van der Waals surface area contributed by atoms with Crippen LogP contribution < -0.4 is 0 Å².